The second-order valence-electron chi connectivity index (χ2n) is 5.87. The number of thiazole rings is 1. The van der Waals surface area contributed by atoms with Gasteiger partial charge in [-0.05, 0) is 25.7 Å². The first-order chi connectivity index (χ1) is 11.3. The number of H-pyrrole nitrogens is 1. The average Bonchev–Trinajstić information content (AvgIpc) is 3.30. The molecule has 2 aliphatic rings. The minimum Gasteiger partial charge on any atom is -0.372 e. The number of carbonyl (C=O) groups is 1. The third-order valence-corrected chi connectivity index (χ3v) is 5.15. The summed E-state index contributed by atoms with van der Waals surface area (Å²) in [6.45, 7) is 1.66. The van der Waals surface area contributed by atoms with Crippen LogP contribution in [0.1, 0.15) is 37.5 Å². The molecule has 0 saturated carbocycles. The fourth-order valence-corrected chi connectivity index (χ4v) is 3.94. The van der Waals surface area contributed by atoms with E-state index in [1.54, 1.807) is 17.5 Å². The van der Waals surface area contributed by atoms with Gasteiger partial charge in [-0.15, -0.1) is 11.3 Å². The van der Waals surface area contributed by atoms with E-state index in [-0.39, 0.29) is 18.1 Å². The van der Waals surface area contributed by atoms with Gasteiger partial charge in [-0.2, -0.15) is 5.10 Å². The number of amides is 1. The molecule has 2 atom stereocenters. The molecule has 2 aromatic heterocycles. The highest BCUT2D eigenvalue weighted by Crippen LogP contribution is 2.30. The van der Waals surface area contributed by atoms with E-state index in [1.165, 1.54) is 0 Å². The largest absolute Gasteiger partial charge is 0.372 e. The van der Waals surface area contributed by atoms with Crippen LogP contribution in [0.5, 0.6) is 0 Å². The molecule has 2 N–H and O–H groups in total. The first-order valence-electron chi connectivity index (χ1n) is 7.95. The molecule has 2 aliphatic heterocycles. The third kappa shape index (κ3) is 2.96. The number of carbonyl (C=O) groups excluding carboxylic acids is 1. The Kier molecular flexibility index (Phi) is 4.00. The lowest BCUT2D eigenvalue weighted by molar-refractivity contribution is -0.117. The fourth-order valence-electron chi connectivity index (χ4n) is 3.22. The summed E-state index contributed by atoms with van der Waals surface area (Å²) >= 11 is 1.57. The van der Waals surface area contributed by atoms with Crippen LogP contribution in [0.4, 0.5) is 10.9 Å². The highest BCUT2D eigenvalue weighted by molar-refractivity contribution is 7.13. The van der Waals surface area contributed by atoms with Crippen molar-refractivity contribution >= 4 is 28.2 Å². The van der Waals surface area contributed by atoms with Crippen molar-refractivity contribution < 1.29 is 9.53 Å². The summed E-state index contributed by atoms with van der Waals surface area (Å²) in [5.41, 5.74) is 0.931. The number of ether oxygens (including phenoxy) is 1. The van der Waals surface area contributed by atoms with E-state index in [0.717, 1.165) is 49.7 Å². The number of hydrogen-bond acceptors (Lipinski definition) is 6. The molecule has 2 saturated heterocycles. The zero-order valence-electron chi connectivity index (χ0n) is 12.7. The average molecular weight is 333 g/mol. The van der Waals surface area contributed by atoms with Crippen molar-refractivity contribution in [2.45, 2.75) is 37.8 Å². The maximum atomic E-state index is 12.6. The van der Waals surface area contributed by atoms with Gasteiger partial charge >= 0.3 is 0 Å². The molecule has 0 aromatic carbocycles. The van der Waals surface area contributed by atoms with Gasteiger partial charge in [-0.3, -0.25) is 9.89 Å². The van der Waals surface area contributed by atoms with Gasteiger partial charge in [-0.25, -0.2) is 4.98 Å². The molecule has 4 heterocycles. The predicted molar refractivity (Wildman–Crippen MR) is 87.6 cm³/mol. The van der Waals surface area contributed by atoms with Gasteiger partial charge in [0, 0.05) is 30.8 Å². The number of anilines is 2. The van der Waals surface area contributed by atoms with Crippen molar-refractivity contribution in [1.82, 2.24) is 15.2 Å². The summed E-state index contributed by atoms with van der Waals surface area (Å²) in [6.07, 6.45) is 5.75. The third-order valence-electron chi connectivity index (χ3n) is 4.35. The Morgan fingerprint density at radius 1 is 1.43 bits per heavy atom. The topological polar surface area (TPSA) is 83.1 Å². The number of nitrogens with zero attached hydrogens (tertiary/aromatic N) is 3. The molecule has 0 radical (unpaired) electrons. The molecule has 2 aromatic rings. The summed E-state index contributed by atoms with van der Waals surface area (Å²) in [5.74, 6) is 0.537. The number of hydrogen-bond donors (Lipinski definition) is 2. The van der Waals surface area contributed by atoms with Crippen LogP contribution in [0.3, 0.4) is 0 Å². The van der Waals surface area contributed by atoms with Crippen molar-refractivity contribution in [3.05, 3.63) is 23.3 Å². The van der Waals surface area contributed by atoms with Gasteiger partial charge in [0.1, 0.15) is 6.04 Å². The number of aromatic amines is 1. The van der Waals surface area contributed by atoms with Crippen LogP contribution < -0.4 is 10.2 Å². The molecule has 0 aliphatic carbocycles. The lowest BCUT2D eigenvalue weighted by atomic mass is 10.2. The first-order valence-corrected chi connectivity index (χ1v) is 8.83. The molecule has 0 spiro atoms. The van der Waals surface area contributed by atoms with E-state index < -0.39 is 0 Å². The lowest BCUT2D eigenvalue weighted by Crippen LogP contribution is -2.39. The van der Waals surface area contributed by atoms with Crippen LogP contribution in [0.25, 0.3) is 0 Å². The maximum absolute atomic E-state index is 12.6. The summed E-state index contributed by atoms with van der Waals surface area (Å²) in [6, 6.07) is 1.69. The number of aromatic nitrogens is 3. The Morgan fingerprint density at radius 2 is 2.39 bits per heavy atom. The van der Waals surface area contributed by atoms with Gasteiger partial charge in [0.25, 0.3) is 0 Å². The molecule has 8 heteroatoms. The quantitative estimate of drug-likeness (QED) is 0.897. The van der Waals surface area contributed by atoms with Crippen molar-refractivity contribution in [3.8, 4) is 0 Å². The zero-order chi connectivity index (χ0) is 15.6. The highest BCUT2D eigenvalue weighted by atomic mass is 32.1. The van der Waals surface area contributed by atoms with E-state index in [1.807, 2.05) is 11.4 Å². The van der Waals surface area contributed by atoms with Gasteiger partial charge in [0.15, 0.2) is 10.9 Å². The van der Waals surface area contributed by atoms with Crippen LogP contribution in [0.15, 0.2) is 17.6 Å². The van der Waals surface area contributed by atoms with E-state index in [0.29, 0.717) is 5.82 Å². The second-order valence-corrected chi connectivity index (χ2v) is 6.74. The standard InChI is InChI=1S/C15H19N5O2S/c21-14(11-3-1-6-20(11)15-16-5-8-23-15)17-13-9-10(18-19-13)12-4-2-7-22-12/h5,8-9,11-12H,1-4,6-7H2,(H2,17,18,19,21)/t11-,12-/m0/s1. The molecule has 7 nitrogen and oxygen atoms in total. The Morgan fingerprint density at radius 3 is 3.17 bits per heavy atom. The molecule has 2 fully saturated rings. The molecule has 4 rings (SSSR count). The Labute approximate surface area is 138 Å². The number of nitrogens with one attached hydrogen (secondary N) is 2. The van der Waals surface area contributed by atoms with E-state index >= 15 is 0 Å². The first kappa shape index (κ1) is 14.6. The van der Waals surface area contributed by atoms with Crippen LogP contribution in [0, 0.1) is 0 Å². The van der Waals surface area contributed by atoms with Gasteiger partial charge in [-0.1, -0.05) is 0 Å². The van der Waals surface area contributed by atoms with Crippen LogP contribution in [-0.4, -0.2) is 40.3 Å². The SMILES string of the molecule is O=C(Nc1cc([C@@H]2CCCO2)[nH]n1)[C@@H]1CCCN1c1nccs1. The maximum Gasteiger partial charge on any atom is 0.248 e. The minimum atomic E-state index is -0.177. The summed E-state index contributed by atoms with van der Waals surface area (Å²) < 4.78 is 5.62. The van der Waals surface area contributed by atoms with Gasteiger partial charge in [0.2, 0.25) is 5.91 Å². The molecule has 1 amide bonds. The molecule has 23 heavy (non-hydrogen) atoms. The number of rotatable bonds is 4. The van der Waals surface area contributed by atoms with Crippen molar-refractivity contribution in [1.29, 1.82) is 0 Å². The van der Waals surface area contributed by atoms with Gasteiger partial charge < -0.3 is 15.0 Å². The van der Waals surface area contributed by atoms with Crippen molar-refractivity contribution in [2.24, 2.45) is 0 Å². The van der Waals surface area contributed by atoms with Gasteiger partial charge in [0.05, 0.1) is 11.8 Å². The monoisotopic (exact) mass is 333 g/mol. The lowest BCUT2D eigenvalue weighted by Gasteiger charge is -2.22. The minimum absolute atomic E-state index is 0.0249. The fraction of sp³-hybridized carbons (Fsp3) is 0.533. The Hall–Kier alpha value is -1.93. The predicted octanol–water partition coefficient (Wildman–Crippen LogP) is 2.33. The molecule has 0 bridgehead atoms. The zero-order valence-corrected chi connectivity index (χ0v) is 13.5. The Balaban J connectivity index is 1.43. The normalized spacial score (nSPS) is 24.3. The van der Waals surface area contributed by atoms with E-state index in [2.05, 4.69) is 25.4 Å². The van der Waals surface area contributed by atoms with E-state index in [4.69, 9.17) is 4.74 Å². The summed E-state index contributed by atoms with van der Waals surface area (Å²) in [7, 11) is 0. The molecule has 0 unspecified atom stereocenters. The molecular weight excluding hydrogens is 314 g/mol. The van der Waals surface area contributed by atoms with Crippen molar-refractivity contribution in [3.63, 3.8) is 0 Å². The summed E-state index contributed by atoms with van der Waals surface area (Å²) in [5, 5.41) is 12.9. The Bertz CT molecular complexity index is 665. The smallest absolute Gasteiger partial charge is 0.248 e. The molecule has 122 valence electrons. The van der Waals surface area contributed by atoms with Crippen LogP contribution in [0.2, 0.25) is 0 Å². The highest BCUT2D eigenvalue weighted by Gasteiger charge is 2.32. The summed E-state index contributed by atoms with van der Waals surface area (Å²) in [4.78, 5) is 19.0. The van der Waals surface area contributed by atoms with Crippen LogP contribution >= 0.6 is 11.3 Å². The van der Waals surface area contributed by atoms with Crippen LogP contribution in [-0.2, 0) is 9.53 Å². The molecular formula is C15H19N5O2S. The van der Waals surface area contributed by atoms with E-state index in [9.17, 15) is 4.79 Å². The second kappa shape index (κ2) is 6.29. The van der Waals surface area contributed by atoms with Crippen molar-refractivity contribution in [2.75, 3.05) is 23.4 Å².